The first-order valence-corrected chi connectivity index (χ1v) is 10.2. The lowest BCUT2D eigenvalue weighted by atomic mass is 9.74. The van der Waals surface area contributed by atoms with Crippen molar-refractivity contribution >= 4 is 0 Å². The van der Waals surface area contributed by atoms with Gasteiger partial charge in [-0.1, -0.05) is 30.3 Å². The number of rotatable bonds is 5. The Bertz CT molecular complexity index is 880. The van der Waals surface area contributed by atoms with Crippen molar-refractivity contribution in [1.82, 2.24) is 5.32 Å². The normalized spacial score (nSPS) is 20.5. The van der Waals surface area contributed by atoms with Crippen LogP contribution in [0, 0.1) is 0 Å². The van der Waals surface area contributed by atoms with Crippen LogP contribution in [-0.4, -0.2) is 19.7 Å². The Balaban J connectivity index is 1.65. The molecule has 0 atom stereocenters. The molecule has 1 aliphatic heterocycles. The van der Waals surface area contributed by atoms with E-state index in [1.807, 2.05) is 30.3 Å². The van der Waals surface area contributed by atoms with Gasteiger partial charge in [0, 0.05) is 5.41 Å². The van der Waals surface area contributed by atoms with Crippen molar-refractivity contribution in [1.29, 1.82) is 0 Å². The van der Waals surface area contributed by atoms with Crippen molar-refractivity contribution in [3.05, 3.63) is 70.8 Å². The summed E-state index contributed by atoms with van der Waals surface area (Å²) in [5.74, 6) is 0. The van der Waals surface area contributed by atoms with Gasteiger partial charge in [0.05, 0.1) is 23.3 Å². The molecule has 4 rings (SSSR count). The third kappa shape index (κ3) is 4.60. The number of piperidine rings is 1. The predicted molar refractivity (Wildman–Crippen MR) is 104 cm³/mol. The quantitative estimate of drug-likeness (QED) is 0.568. The number of halogens is 6. The minimum Gasteiger partial charge on any atom is -0.369 e. The zero-order valence-corrected chi connectivity index (χ0v) is 16.7. The van der Waals surface area contributed by atoms with Gasteiger partial charge in [-0.05, 0) is 68.1 Å². The van der Waals surface area contributed by atoms with E-state index in [-0.39, 0.29) is 23.7 Å². The van der Waals surface area contributed by atoms with E-state index in [0.717, 1.165) is 43.6 Å². The highest BCUT2D eigenvalue weighted by atomic mass is 19.4. The fourth-order valence-electron chi connectivity index (χ4n) is 4.34. The number of hydrogen-bond acceptors (Lipinski definition) is 2. The van der Waals surface area contributed by atoms with E-state index in [4.69, 9.17) is 4.74 Å². The zero-order chi connectivity index (χ0) is 22.3. The fraction of sp³-hybridized carbons (Fsp3) is 0.478. The molecular formula is C23H23F6NO. The van der Waals surface area contributed by atoms with Gasteiger partial charge in [-0.25, -0.2) is 0 Å². The van der Waals surface area contributed by atoms with Crippen molar-refractivity contribution in [3.8, 4) is 0 Å². The molecule has 2 nitrogen and oxygen atoms in total. The number of benzene rings is 2. The predicted octanol–water partition coefficient (Wildman–Crippen LogP) is 6.05. The second-order valence-corrected chi connectivity index (χ2v) is 8.47. The summed E-state index contributed by atoms with van der Waals surface area (Å²) in [6.45, 7) is 1.79. The molecule has 0 spiro atoms. The van der Waals surface area contributed by atoms with E-state index in [1.54, 1.807) is 0 Å². The van der Waals surface area contributed by atoms with E-state index in [1.165, 1.54) is 0 Å². The van der Waals surface area contributed by atoms with Crippen LogP contribution in [0.1, 0.15) is 47.9 Å². The highest BCUT2D eigenvalue weighted by Gasteiger charge is 2.50. The Labute approximate surface area is 176 Å². The van der Waals surface area contributed by atoms with E-state index < -0.39 is 29.1 Å². The third-order valence-electron chi connectivity index (χ3n) is 6.39. The highest BCUT2D eigenvalue weighted by molar-refractivity contribution is 5.39. The molecule has 31 heavy (non-hydrogen) atoms. The summed E-state index contributed by atoms with van der Waals surface area (Å²) in [5.41, 5.74) is -3.00. The van der Waals surface area contributed by atoms with E-state index in [0.29, 0.717) is 12.8 Å². The van der Waals surface area contributed by atoms with Gasteiger partial charge >= 0.3 is 12.4 Å². The first kappa shape index (κ1) is 22.1. The molecule has 0 amide bonds. The largest absolute Gasteiger partial charge is 0.416 e. The Morgan fingerprint density at radius 2 is 1.29 bits per heavy atom. The van der Waals surface area contributed by atoms with Gasteiger partial charge in [0.2, 0.25) is 0 Å². The molecule has 2 aromatic carbocycles. The molecule has 8 heteroatoms. The zero-order valence-electron chi connectivity index (χ0n) is 16.7. The monoisotopic (exact) mass is 443 g/mol. The fourth-order valence-corrected chi connectivity index (χ4v) is 4.34. The van der Waals surface area contributed by atoms with Gasteiger partial charge in [-0.2, -0.15) is 26.3 Å². The van der Waals surface area contributed by atoms with E-state index in [2.05, 4.69) is 5.32 Å². The first-order valence-electron chi connectivity index (χ1n) is 10.2. The van der Waals surface area contributed by atoms with Crippen LogP contribution in [0.2, 0.25) is 0 Å². The molecule has 1 saturated heterocycles. The van der Waals surface area contributed by atoms with Crippen LogP contribution in [0.15, 0.2) is 48.5 Å². The molecule has 2 fully saturated rings. The molecular weight excluding hydrogens is 420 g/mol. The Morgan fingerprint density at radius 1 is 0.742 bits per heavy atom. The Kier molecular flexibility index (Phi) is 5.58. The SMILES string of the molecule is FC(F)(F)c1cc(C(F)(F)F)cc(C2(OCC3(c4ccccc4)CCNCC3)CC2)c1. The van der Waals surface area contributed by atoms with Gasteiger partial charge in [0.25, 0.3) is 0 Å². The van der Waals surface area contributed by atoms with Crippen LogP contribution in [0.4, 0.5) is 26.3 Å². The number of nitrogens with one attached hydrogen (secondary N) is 1. The summed E-state index contributed by atoms with van der Waals surface area (Å²) in [4.78, 5) is 0. The number of alkyl halides is 6. The highest BCUT2D eigenvalue weighted by Crippen LogP contribution is 2.52. The van der Waals surface area contributed by atoms with Crippen molar-refractivity contribution in [2.75, 3.05) is 19.7 Å². The molecule has 1 heterocycles. The van der Waals surface area contributed by atoms with Crippen LogP contribution >= 0.6 is 0 Å². The lowest BCUT2D eigenvalue weighted by Crippen LogP contribution is -2.44. The summed E-state index contributed by atoms with van der Waals surface area (Å²) in [6.07, 6.45) is -7.38. The maximum Gasteiger partial charge on any atom is 0.416 e. The maximum atomic E-state index is 13.3. The summed E-state index contributed by atoms with van der Waals surface area (Å²) >= 11 is 0. The summed E-state index contributed by atoms with van der Waals surface area (Å²) < 4.78 is 85.9. The molecule has 1 saturated carbocycles. The van der Waals surface area contributed by atoms with Crippen LogP contribution in [0.3, 0.4) is 0 Å². The van der Waals surface area contributed by atoms with Crippen LogP contribution in [0.25, 0.3) is 0 Å². The molecule has 0 radical (unpaired) electrons. The minimum atomic E-state index is -4.87. The third-order valence-corrected chi connectivity index (χ3v) is 6.39. The topological polar surface area (TPSA) is 21.3 Å². The first-order chi connectivity index (χ1) is 14.5. The molecule has 1 N–H and O–H groups in total. The van der Waals surface area contributed by atoms with Gasteiger partial charge in [0.1, 0.15) is 0 Å². The van der Waals surface area contributed by atoms with E-state index >= 15 is 0 Å². The lowest BCUT2D eigenvalue weighted by Gasteiger charge is -2.39. The van der Waals surface area contributed by atoms with Gasteiger partial charge in [-0.15, -0.1) is 0 Å². The standard InChI is InChI=1S/C23H23F6NO/c24-22(25,26)18-12-17(13-19(14-18)23(27,28)29)21(6-7-21)31-15-20(8-10-30-11-9-20)16-4-2-1-3-5-16/h1-5,12-14,30H,6-11,15H2. The summed E-state index contributed by atoms with van der Waals surface area (Å²) in [6, 6.07) is 11.5. The molecule has 0 aromatic heterocycles. The number of ether oxygens (including phenoxy) is 1. The van der Waals surface area contributed by atoms with Crippen molar-refractivity contribution in [3.63, 3.8) is 0 Å². The molecule has 0 unspecified atom stereocenters. The van der Waals surface area contributed by atoms with Gasteiger partial charge < -0.3 is 10.1 Å². The average Bonchev–Trinajstić information content (AvgIpc) is 3.53. The second-order valence-electron chi connectivity index (χ2n) is 8.47. The van der Waals surface area contributed by atoms with Crippen molar-refractivity contribution in [2.24, 2.45) is 0 Å². The van der Waals surface area contributed by atoms with Gasteiger partial charge in [0.15, 0.2) is 0 Å². The molecule has 168 valence electrons. The van der Waals surface area contributed by atoms with Crippen LogP contribution in [-0.2, 0) is 28.1 Å². The van der Waals surface area contributed by atoms with Crippen molar-refractivity contribution < 1.29 is 31.1 Å². The Morgan fingerprint density at radius 3 is 1.77 bits per heavy atom. The molecule has 0 bridgehead atoms. The maximum absolute atomic E-state index is 13.3. The molecule has 1 aliphatic carbocycles. The van der Waals surface area contributed by atoms with Crippen molar-refractivity contribution in [2.45, 2.75) is 49.1 Å². The van der Waals surface area contributed by atoms with E-state index in [9.17, 15) is 26.3 Å². The molecule has 2 aliphatic rings. The minimum absolute atomic E-state index is 0.0493. The smallest absolute Gasteiger partial charge is 0.369 e. The van der Waals surface area contributed by atoms with Gasteiger partial charge in [-0.3, -0.25) is 0 Å². The number of hydrogen-bond donors (Lipinski definition) is 1. The lowest BCUT2D eigenvalue weighted by molar-refractivity contribution is -0.143. The second kappa shape index (κ2) is 7.81. The van der Waals surface area contributed by atoms with Crippen LogP contribution in [0.5, 0.6) is 0 Å². The summed E-state index contributed by atoms with van der Waals surface area (Å²) in [7, 11) is 0. The summed E-state index contributed by atoms with van der Waals surface area (Å²) in [5, 5.41) is 3.30. The van der Waals surface area contributed by atoms with Crippen LogP contribution < -0.4 is 5.32 Å². The average molecular weight is 443 g/mol. The molecule has 2 aromatic rings. The Hall–Kier alpha value is -2.06.